The molecule has 1 fully saturated rings. The summed E-state index contributed by atoms with van der Waals surface area (Å²) in [5.41, 5.74) is 1.59. The van der Waals surface area contributed by atoms with E-state index in [-0.39, 0.29) is 18.3 Å². The number of fused-ring (bicyclic) bond motifs is 1. The largest absolute Gasteiger partial charge is 0.492 e. The highest BCUT2D eigenvalue weighted by Crippen LogP contribution is 2.09. The molecule has 0 bridgehead atoms. The molecule has 1 aromatic carbocycles. The zero-order valence-corrected chi connectivity index (χ0v) is 18.2. The number of carbonyl (C=O) groups excluding carboxylic acids is 2. The molecule has 0 spiro atoms. The summed E-state index contributed by atoms with van der Waals surface area (Å²) in [6.45, 7) is 7.39. The Hall–Kier alpha value is -3.53. The second-order valence-electron chi connectivity index (χ2n) is 7.65. The van der Waals surface area contributed by atoms with Crippen LogP contribution < -0.4 is 4.74 Å². The van der Waals surface area contributed by atoms with Gasteiger partial charge in [0.1, 0.15) is 12.4 Å². The summed E-state index contributed by atoms with van der Waals surface area (Å²) < 4.78 is 12.4. The first kappa shape index (κ1) is 21.7. The highest BCUT2D eigenvalue weighted by atomic mass is 16.5. The van der Waals surface area contributed by atoms with Crippen molar-refractivity contribution in [2.75, 3.05) is 45.9 Å². The van der Waals surface area contributed by atoms with Crippen LogP contribution in [0.3, 0.4) is 0 Å². The van der Waals surface area contributed by atoms with Gasteiger partial charge < -0.3 is 14.4 Å². The quantitative estimate of drug-likeness (QED) is 0.506. The van der Waals surface area contributed by atoms with Crippen molar-refractivity contribution >= 4 is 17.7 Å². The van der Waals surface area contributed by atoms with Crippen LogP contribution >= 0.6 is 0 Å². The fourth-order valence-corrected chi connectivity index (χ4v) is 3.57. The molecule has 4 rings (SSSR count). The molecule has 168 valence electrons. The molecule has 1 aliphatic heterocycles. The Morgan fingerprint density at radius 1 is 1.03 bits per heavy atom. The molecule has 0 aliphatic carbocycles. The third kappa shape index (κ3) is 5.20. The van der Waals surface area contributed by atoms with E-state index < -0.39 is 5.97 Å². The maximum Gasteiger partial charge on any atom is 0.378 e. The third-order valence-corrected chi connectivity index (χ3v) is 5.27. The van der Waals surface area contributed by atoms with Crippen molar-refractivity contribution in [2.45, 2.75) is 13.8 Å². The lowest BCUT2D eigenvalue weighted by Crippen LogP contribution is -2.50. The molecule has 0 N–H and O–H groups in total. The second-order valence-corrected chi connectivity index (χ2v) is 7.65. The number of piperazine rings is 1. The van der Waals surface area contributed by atoms with Crippen LogP contribution in [0.1, 0.15) is 22.0 Å². The maximum atomic E-state index is 12.5. The lowest BCUT2D eigenvalue weighted by atomic mass is 10.3. The van der Waals surface area contributed by atoms with E-state index in [1.165, 1.54) is 4.52 Å². The molecule has 1 saturated heterocycles. The molecule has 0 atom stereocenters. The minimum Gasteiger partial charge on any atom is -0.492 e. The van der Waals surface area contributed by atoms with E-state index in [2.05, 4.69) is 20.0 Å². The van der Waals surface area contributed by atoms with Gasteiger partial charge in [0.25, 0.3) is 17.5 Å². The van der Waals surface area contributed by atoms with Gasteiger partial charge in [-0.05, 0) is 32.0 Å². The number of nitrogens with zero attached hydrogens (tertiary/aromatic N) is 6. The van der Waals surface area contributed by atoms with Crippen LogP contribution in [0.15, 0.2) is 36.4 Å². The normalized spacial score (nSPS) is 14.5. The lowest BCUT2D eigenvalue weighted by molar-refractivity contribution is -0.136. The standard InChI is InChI=1S/C22H26N6O4/c1-16-14-17(2)28-22(23-16)24-20(25-28)21(30)32-15-19(29)27-10-8-26(9-11-27)12-13-31-18-6-4-3-5-7-18/h3-7,14H,8-13,15H2,1-2H3. The molecule has 0 radical (unpaired) electrons. The molecule has 2 aromatic heterocycles. The van der Waals surface area contributed by atoms with Gasteiger partial charge in [-0.3, -0.25) is 9.69 Å². The number of amides is 1. The van der Waals surface area contributed by atoms with E-state index in [1.807, 2.05) is 50.2 Å². The minimum atomic E-state index is -0.738. The summed E-state index contributed by atoms with van der Waals surface area (Å²) in [5.74, 6) is 0.102. The summed E-state index contributed by atoms with van der Waals surface area (Å²) >= 11 is 0. The fourth-order valence-electron chi connectivity index (χ4n) is 3.57. The van der Waals surface area contributed by atoms with Crippen LogP contribution in [0.25, 0.3) is 5.78 Å². The van der Waals surface area contributed by atoms with Gasteiger partial charge in [0.2, 0.25) is 0 Å². The Morgan fingerprint density at radius 3 is 2.53 bits per heavy atom. The van der Waals surface area contributed by atoms with Gasteiger partial charge in [0.05, 0.1) is 0 Å². The van der Waals surface area contributed by atoms with Crippen molar-refractivity contribution < 1.29 is 19.1 Å². The van der Waals surface area contributed by atoms with Crippen molar-refractivity contribution in [1.82, 2.24) is 29.4 Å². The van der Waals surface area contributed by atoms with Gasteiger partial charge in [-0.1, -0.05) is 18.2 Å². The average molecular weight is 438 g/mol. The highest BCUT2D eigenvalue weighted by molar-refractivity contribution is 5.88. The highest BCUT2D eigenvalue weighted by Gasteiger charge is 2.23. The first-order valence-electron chi connectivity index (χ1n) is 10.6. The SMILES string of the molecule is Cc1cc(C)n2nc(C(=O)OCC(=O)N3CCN(CCOc4ccccc4)CC3)nc2n1. The molecule has 3 heterocycles. The summed E-state index contributed by atoms with van der Waals surface area (Å²) in [6.07, 6.45) is 0. The first-order valence-corrected chi connectivity index (χ1v) is 10.6. The fraction of sp³-hybridized carbons (Fsp3) is 0.409. The number of rotatable bonds is 7. The number of ether oxygens (including phenoxy) is 2. The average Bonchev–Trinajstić information content (AvgIpc) is 3.23. The summed E-state index contributed by atoms with van der Waals surface area (Å²) in [6, 6.07) is 11.5. The number of carbonyl (C=O) groups is 2. The molecular weight excluding hydrogens is 412 g/mol. The predicted octanol–water partition coefficient (Wildman–Crippen LogP) is 1.12. The number of aryl methyl sites for hydroxylation is 2. The van der Waals surface area contributed by atoms with Gasteiger partial charge in [0.15, 0.2) is 6.61 Å². The number of para-hydroxylation sites is 1. The van der Waals surface area contributed by atoms with Gasteiger partial charge in [-0.25, -0.2) is 14.3 Å². The molecule has 3 aromatic rings. The first-order chi connectivity index (χ1) is 15.5. The van der Waals surface area contributed by atoms with Crippen molar-refractivity contribution in [3.05, 3.63) is 53.6 Å². The molecule has 0 unspecified atom stereocenters. The van der Waals surface area contributed by atoms with E-state index >= 15 is 0 Å². The Labute approximate surface area is 185 Å². The van der Waals surface area contributed by atoms with E-state index in [4.69, 9.17) is 9.47 Å². The van der Waals surface area contributed by atoms with Crippen molar-refractivity contribution in [2.24, 2.45) is 0 Å². The smallest absolute Gasteiger partial charge is 0.378 e. The van der Waals surface area contributed by atoms with Crippen LogP contribution in [0.2, 0.25) is 0 Å². The van der Waals surface area contributed by atoms with E-state index in [0.717, 1.165) is 36.8 Å². The Bertz CT molecular complexity index is 1090. The van der Waals surface area contributed by atoms with Crippen LogP contribution in [0.5, 0.6) is 5.75 Å². The monoisotopic (exact) mass is 438 g/mol. The molecule has 32 heavy (non-hydrogen) atoms. The van der Waals surface area contributed by atoms with Crippen LogP contribution in [0.4, 0.5) is 0 Å². The Kier molecular flexibility index (Phi) is 6.60. The topological polar surface area (TPSA) is 102 Å². The van der Waals surface area contributed by atoms with Gasteiger partial charge in [0, 0.05) is 44.1 Å². The summed E-state index contributed by atoms with van der Waals surface area (Å²) in [7, 11) is 0. The minimum absolute atomic E-state index is 0.109. The van der Waals surface area contributed by atoms with Gasteiger partial charge in [-0.15, -0.1) is 5.10 Å². The Balaban J connectivity index is 1.20. The molecule has 1 amide bonds. The molecule has 1 aliphatic rings. The number of hydrogen-bond donors (Lipinski definition) is 0. The van der Waals surface area contributed by atoms with Crippen LogP contribution in [-0.4, -0.2) is 87.2 Å². The second kappa shape index (κ2) is 9.73. The molecule has 0 saturated carbocycles. The van der Waals surface area contributed by atoms with Gasteiger partial charge in [-0.2, -0.15) is 4.98 Å². The van der Waals surface area contributed by atoms with E-state index in [0.29, 0.717) is 25.5 Å². The van der Waals surface area contributed by atoms with E-state index in [1.54, 1.807) is 4.90 Å². The van der Waals surface area contributed by atoms with Crippen molar-refractivity contribution in [1.29, 1.82) is 0 Å². The number of esters is 1. The zero-order chi connectivity index (χ0) is 22.5. The maximum absolute atomic E-state index is 12.5. The molecule has 10 heteroatoms. The lowest BCUT2D eigenvalue weighted by Gasteiger charge is -2.34. The number of hydrogen-bond acceptors (Lipinski definition) is 8. The number of benzene rings is 1. The van der Waals surface area contributed by atoms with Gasteiger partial charge >= 0.3 is 5.97 Å². The summed E-state index contributed by atoms with van der Waals surface area (Å²) in [5, 5.41) is 4.13. The Morgan fingerprint density at radius 2 is 1.78 bits per heavy atom. The van der Waals surface area contributed by atoms with E-state index in [9.17, 15) is 9.59 Å². The summed E-state index contributed by atoms with van der Waals surface area (Å²) in [4.78, 5) is 37.1. The predicted molar refractivity (Wildman–Crippen MR) is 115 cm³/mol. The third-order valence-electron chi connectivity index (χ3n) is 5.27. The molecule has 10 nitrogen and oxygen atoms in total. The van der Waals surface area contributed by atoms with Crippen molar-refractivity contribution in [3.63, 3.8) is 0 Å². The van der Waals surface area contributed by atoms with Crippen LogP contribution in [0, 0.1) is 13.8 Å². The number of aromatic nitrogens is 4. The zero-order valence-electron chi connectivity index (χ0n) is 18.2. The molecular formula is C22H26N6O4. The van der Waals surface area contributed by atoms with Crippen molar-refractivity contribution in [3.8, 4) is 5.75 Å². The van der Waals surface area contributed by atoms with Crippen LogP contribution in [-0.2, 0) is 9.53 Å².